The van der Waals surface area contributed by atoms with E-state index in [4.69, 9.17) is 21.4 Å². The second-order valence-corrected chi connectivity index (χ2v) is 12.1. The zero-order valence-corrected chi connectivity index (χ0v) is 27.3. The minimum Gasteiger partial charge on any atom is -0.428 e. The van der Waals surface area contributed by atoms with Crippen LogP contribution in [0, 0.1) is 6.92 Å². The van der Waals surface area contributed by atoms with E-state index in [2.05, 4.69) is 35.3 Å². The van der Waals surface area contributed by atoms with Gasteiger partial charge < -0.3 is 10.5 Å². The average Bonchev–Trinajstić information content (AvgIpc) is 3.32. The van der Waals surface area contributed by atoms with Crippen molar-refractivity contribution in [1.82, 2.24) is 14.5 Å². The fourth-order valence-electron chi connectivity index (χ4n) is 6.08. The van der Waals surface area contributed by atoms with Crippen molar-refractivity contribution in [2.45, 2.75) is 19.8 Å². The Morgan fingerprint density at radius 1 is 0.936 bits per heavy atom. The maximum atomic E-state index is 12.8. The average molecular weight is 654 g/mol. The van der Waals surface area contributed by atoms with Gasteiger partial charge in [0.05, 0.1) is 39.6 Å². The number of nitrogens with zero attached hydrogens (tertiary/aromatic N) is 5. The number of amides is 2. The summed E-state index contributed by atoms with van der Waals surface area (Å²) in [7, 11) is 1.65. The van der Waals surface area contributed by atoms with Crippen LogP contribution in [0.25, 0.3) is 21.8 Å². The molecule has 2 amide bonds. The monoisotopic (exact) mass is 653 g/mol. The quantitative estimate of drug-likeness (QED) is 0.0825. The predicted molar refractivity (Wildman–Crippen MR) is 182 cm³/mol. The highest BCUT2D eigenvalue weighted by Crippen LogP contribution is 2.23. The van der Waals surface area contributed by atoms with Crippen LogP contribution in [0.3, 0.4) is 0 Å². The topological polar surface area (TPSA) is 103 Å². The third kappa shape index (κ3) is 6.94. The first-order chi connectivity index (χ1) is 22.8. The van der Waals surface area contributed by atoms with E-state index in [1.54, 1.807) is 60.5 Å². The van der Waals surface area contributed by atoms with E-state index in [1.165, 1.54) is 4.90 Å². The van der Waals surface area contributed by atoms with Crippen LogP contribution in [0.5, 0.6) is 0 Å². The van der Waals surface area contributed by atoms with Gasteiger partial charge in [-0.15, -0.1) is 0 Å². The highest BCUT2D eigenvalue weighted by molar-refractivity contribution is 6.31. The van der Waals surface area contributed by atoms with Gasteiger partial charge in [-0.2, -0.15) is 4.73 Å². The van der Waals surface area contributed by atoms with Crippen LogP contribution >= 0.6 is 11.6 Å². The largest absolute Gasteiger partial charge is 0.428 e. The minimum absolute atomic E-state index is 0.217. The normalized spacial score (nSPS) is 13.3. The molecule has 0 radical (unpaired) electrons. The molecule has 0 atom stereocenters. The smallest absolute Gasteiger partial charge is 0.266 e. The Bertz CT molecular complexity index is 1990. The number of imide groups is 1. The first-order valence-electron chi connectivity index (χ1n) is 15.8. The molecule has 6 rings (SSSR count). The number of hydrogen-bond donors (Lipinski definition) is 2. The molecule has 47 heavy (non-hydrogen) atoms. The summed E-state index contributed by atoms with van der Waals surface area (Å²) in [5, 5.41) is 17.1. The van der Waals surface area contributed by atoms with Gasteiger partial charge in [0, 0.05) is 59.6 Å². The Hall–Kier alpha value is -4.93. The maximum absolute atomic E-state index is 12.8. The molecule has 0 aliphatic carbocycles. The molecule has 5 aromatic rings. The Labute approximate surface area is 278 Å². The van der Waals surface area contributed by atoms with Gasteiger partial charge in [-0.3, -0.25) is 29.2 Å². The first-order valence-corrected chi connectivity index (χ1v) is 16.1. The van der Waals surface area contributed by atoms with Crippen molar-refractivity contribution in [1.29, 1.82) is 0 Å². The SMILES string of the molecule is CO[n+]1ccc(NCCN(CCCCN2C(=O)c3ccccc3C2=O)CCN=c2ccn(O)c3cc(Cl)ccc23)c2ccc(C)cc21. The summed E-state index contributed by atoms with van der Waals surface area (Å²) < 4.78 is 2.81. The van der Waals surface area contributed by atoms with Crippen LogP contribution in [0.2, 0.25) is 5.02 Å². The lowest BCUT2D eigenvalue weighted by molar-refractivity contribution is -0.865. The van der Waals surface area contributed by atoms with Crippen molar-refractivity contribution in [2.75, 3.05) is 51.7 Å². The molecule has 0 saturated carbocycles. The second kappa shape index (κ2) is 14.2. The number of unbranched alkanes of at least 4 members (excludes halogenated alkanes) is 1. The summed E-state index contributed by atoms with van der Waals surface area (Å²) in [6.45, 7) is 5.94. The fourth-order valence-corrected chi connectivity index (χ4v) is 6.25. The number of aryl methyl sites for hydroxylation is 1. The van der Waals surface area contributed by atoms with Gasteiger partial charge in [0.1, 0.15) is 7.11 Å². The fraction of sp³-hybridized carbons (Fsp3) is 0.278. The molecule has 0 saturated heterocycles. The molecule has 0 fully saturated rings. The number of anilines is 1. The van der Waals surface area contributed by atoms with Crippen molar-refractivity contribution in [3.05, 3.63) is 112 Å². The van der Waals surface area contributed by atoms with Crippen LogP contribution in [-0.2, 0) is 0 Å². The number of rotatable bonds is 13. The van der Waals surface area contributed by atoms with Crippen molar-refractivity contribution in [2.24, 2.45) is 4.99 Å². The van der Waals surface area contributed by atoms with E-state index >= 15 is 0 Å². The zero-order valence-electron chi connectivity index (χ0n) is 26.5. The summed E-state index contributed by atoms with van der Waals surface area (Å²) >= 11 is 6.16. The molecular formula is C36H38ClN6O4+. The Balaban J connectivity index is 1.13. The number of carbonyl (C=O) groups excluding carboxylic acids is 2. The van der Waals surface area contributed by atoms with E-state index in [0.717, 1.165) is 57.1 Å². The maximum Gasteiger partial charge on any atom is 0.266 e. The van der Waals surface area contributed by atoms with Gasteiger partial charge >= 0.3 is 0 Å². The molecule has 0 bridgehead atoms. The lowest BCUT2D eigenvalue weighted by Gasteiger charge is -2.23. The number of carbonyl (C=O) groups is 2. The van der Waals surface area contributed by atoms with Crippen molar-refractivity contribution in [3.63, 3.8) is 0 Å². The van der Waals surface area contributed by atoms with Crippen LogP contribution in [-0.4, -0.2) is 77.9 Å². The highest BCUT2D eigenvalue weighted by atomic mass is 35.5. The Morgan fingerprint density at radius 2 is 1.70 bits per heavy atom. The van der Waals surface area contributed by atoms with E-state index in [0.29, 0.717) is 54.3 Å². The molecule has 3 aromatic carbocycles. The summed E-state index contributed by atoms with van der Waals surface area (Å²) in [6, 6.07) is 22.5. The van der Waals surface area contributed by atoms with E-state index in [1.807, 2.05) is 18.3 Å². The van der Waals surface area contributed by atoms with Crippen LogP contribution in [0.1, 0.15) is 39.1 Å². The molecule has 11 heteroatoms. The van der Waals surface area contributed by atoms with Gasteiger partial charge in [0.2, 0.25) is 6.20 Å². The standard InChI is InChI=1S/C36H37ClN6O4/c1-25-9-11-30-32(14-20-43(47-2)34(30)23-25)39-16-22-40(17-5-6-18-41-35(44)27-7-3-4-8-28(27)36(41)45)21-15-38-31-13-19-42(46)33-24-26(37)10-12-29(31)33/h3-4,7-14,19-20,23-24,46H,5-6,15-18,21-22H2,1-2H3/p+1. The van der Waals surface area contributed by atoms with Crippen LogP contribution < -0.4 is 20.2 Å². The summed E-state index contributed by atoms with van der Waals surface area (Å²) in [5.74, 6) is -0.433. The van der Waals surface area contributed by atoms with Crippen LogP contribution in [0.4, 0.5) is 5.69 Å². The number of benzene rings is 3. The molecule has 0 spiro atoms. The molecule has 0 unspecified atom stereocenters. The van der Waals surface area contributed by atoms with Gasteiger partial charge in [-0.1, -0.05) is 29.8 Å². The Kier molecular flexibility index (Phi) is 9.70. The molecule has 242 valence electrons. The lowest BCUT2D eigenvalue weighted by atomic mass is 10.1. The molecule has 2 N–H and O–H groups in total. The number of hydrogen-bond acceptors (Lipinski definition) is 7. The van der Waals surface area contributed by atoms with Crippen molar-refractivity contribution in [3.8, 4) is 0 Å². The predicted octanol–water partition coefficient (Wildman–Crippen LogP) is 4.73. The number of fused-ring (bicyclic) bond motifs is 3. The van der Waals surface area contributed by atoms with E-state index in [-0.39, 0.29) is 11.8 Å². The molecule has 2 aromatic heterocycles. The zero-order chi connectivity index (χ0) is 32.9. The Morgan fingerprint density at radius 3 is 2.47 bits per heavy atom. The van der Waals surface area contributed by atoms with Gasteiger partial charge in [-0.25, -0.2) is 0 Å². The van der Waals surface area contributed by atoms with Gasteiger partial charge in [0.15, 0.2) is 0 Å². The molecular weight excluding hydrogens is 616 g/mol. The number of halogens is 1. The number of nitrogens with one attached hydrogen (secondary N) is 1. The molecule has 10 nitrogen and oxygen atoms in total. The van der Waals surface area contributed by atoms with Crippen molar-refractivity contribution >= 4 is 50.9 Å². The van der Waals surface area contributed by atoms with E-state index in [9.17, 15) is 14.8 Å². The second-order valence-electron chi connectivity index (χ2n) is 11.6. The highest BCUT2D eigenvalue weighted by Gasteiger charge is 2.34. The minimum atomic E-state index is -0.217. The molecule has 1 aliphatic heterocycles. The van der Waals surface area contributed by atoms with Crippen LogP contribution in [0.15, 0.2) is 90.2 Å². The summed E-state index contributed by atoms with van der Waals surface area (Å²) in [4.78, 5) is 39.7. The molecule has 3 heterocycles. The summed E-state index contributed by atoms with van der Waals surface area (Å²) in [5.41, 5.74) is 4.72. The van der Waals surface area contributed by atoms with Gasteiger partial charge in [-0.05, 0) is 74.3 Å². The molecule has 1 aliphatic rings. The first kappa shape index (κ1) is 32.0. The van der Waals surface area contributed by atoms with E-state index < -0.39 is 0 Å². The number of pyridine rings is 2. The third-order valence-electron chi connectivity index (χ3n) is 8.54. The summed E-state index contributed by atoms with van der Waals surface area (Å²) in [6.07, 6.45) is 4.99. The lowest BCUT2D eigenvalue weighted by Crippen LogP contribution is -2.41. The van der Waals surface area contributed by atoms with Gasteiger partial charge in [0.25, 0.3) is 17.3 Å². The third-order valence-corrected chi connectivity index (χ3v) is 8.77. The number of aromatic nitrogens is 2. The van der Waals surface area contributed by atoms with Crippen molar-refractivity contribution < 1.29 is 24.4 Å².